The van der Waals surface area contributed by atoms with Gasteiger partial charge in [0.15, 0.2) is 11.9 Å². The topological polar surface area (TPSA) is 516 Å². The zero-order chi connectivity index (χ0) is 58.3. The molecule has 0 spiro atoms. The first-order valence-corrected chi connectivity index (χ1v) is 24.8. The van der Waals surface area contributed by atoms with E-state index in [0.29, 0.717) is 5.56 Å². The van der Waals surface area contributed by atoms with E-state index in [1.807, 2.05) is 0 Å². The van der Waals surface area contributed by atoms with Crippen molar-refractivity contribution < 1.29 is 58.2 Å². The standard InChI is InChI=1S/C47H78N18O12/c1-21(2)35(65-39(70)25(6)58-37(68)23(4)57-36(67)22(3)48)44(75)62-31(15-11-17-55-47(52)53)41(72)64-33(19-34(49)66)43(74)59-24(5)38(69)61-30(14-10-16-54-46(50)51)40(71)63-32(42(73)60-26(7)45(76)77)18-27-20-56-29-13-9-8-12-28(27)29/h8-9,12-13,20-26,30-33,35,41,56,64,72H,10-11,14-19,48H2,1-7H3,(H2,49,66)(H,57,67)(H,58,68)(H,59,74)(H,60,73)(H,61,69)(H,62,75)(H,63,71)(H,65,70)(H,76,77)(H4,50,51,54)(H4,52,53,55)/t22-,23-,24-,25-,26-,30-,31-,32-,33-,35-,41?/m0/s1. The number of amides is 9. The Morgan fingerprint density at radius 1 is 0.571 bits per heavy atom. The molecule has 1 unspecified atom stereocenters. The first-order chi connectivity index (χ1) is 36.0. The van der Waals surface area contributed by atoms with Gasteiger partial charge in [0.1, 0.15) is 48.5 Å². The summed E-state index contributed by atoms with van der Waals surface area (Å²) in [5.41, 5.74) is 34.3. The number of aromatic amines is 1. The van der Waals surface area contributed by atoms with Crippen LogP contribution in [0.5, 0.6) is 0 Å². The van der Waals surface area contributed by atoms with E-state index in [4.69, 9.17) is 34.4 Å². The van der Waals surface area contributed by atoms with E-state index in [9.17, 15) is 58.2 Å². The molecule has 9 amide bonds. The lowest BCUT2D eigenvalue weighted by molar-refractivity contribution is -0.141. The van der Waals surface area contributed by atoms with E-state index >= 15 is 0 Å². The van der Waals surface area contributed by atoms with Crippen molar-refractivity contribution in [3.8, 4) is 0 Å². The van der Waals surface area contributed by atoms with Gasteiger partial charge in [-0.2, -0.15) is 0 Å². The number of nitrogens with zero attached hydrogens (tertiary/aromatic N) is 2. The van der Waals surface area contributed by atoms with Crippen molar-refractivity contribution in [3.63, 3.8) is 0 Å². The quantitative estimate of drug-likeness (QED) is 0.0137. The van der Waals surface area contributed by atoms with Gasteiger partial charge in [-0.1, -0.05) is 32.0 Å². The summed E-state index contributed by atoms with van der Waals surface area (Å²) in [7, 11) is 0. The fourth-order valence-corrected chi connectivity index (χ4v) is 7.31. The fraction of sp³-hybridized carbons (Fsp3) is 0.574. The number of H-pyrrole nitrogens is 1. The Morgan fingerprint density at radius 2 is 1.05 bits per heavy atom. The molecular weight excluding hydrogens is 1010 g/mol. The Morgan fingerprint density at radius 3 is 1.60 bits per heavy atom. The molecule has 1 aromatic heterocycles. The van der Waals surface area contributed by atoms with E-state index in [1.54, 1.807) is 44.3 Å². The summed E-state index contributed by atoms with van der Waals surface area (Å²) in [5.74, 6) is -10.0. The summed E-state index contributed by atoms with van der Waals surface area (Å²) in [4.78, 5) is 142. The maximum Gasteiger partial charge on any atom is 0.325 e. The van der Waals surface area contributed by atoms with Crippen molar-refractivity contribution >= 4 is 82.0 Å². The van der Waals surface area contributed by atoms with Crippen LogP contribution in [-0.4, -0.2) is 166 Å². The minimum Gasteiger partial charge on any atom is -0.480 e. The predicted octanol–water partition coefficient (Wildman–Crippen LogP) is -5.98. The molecule has 0 aliphatic rings. The van der Waals surface area contributed by atoms with Crippen molar-refractivity contribution in [2.75, 3.05) is 13.1 Å². The zero-order valence-corrected chi connectivity index (χ0v) is 44.3. The predicted molar refractivity (Wildman–Crippen MR) is 283 cm³/mol. The molecule has 1 heterocycles. The molecule has 0 saturated heterocycles. The number of carbonyl (C=O) groups excluding carboxylic acids is 9. The average Bonchev–Trinajstić information content (AvgIpc) is 3.75. The monoisotopic (exact) mass is 1090 g/mol. The van der Waals surface area contributed by atoms with E-state index < -0.39 is 138 Å². The van der Waals surface area contributed by atoms with Crippen LogP contribution in [0.1, 0.15) is 86.1 Å². The molecule has 1 aromatic carbocycles. The van der Waals surface area contributed by atoms with Crippen molar-refractivity contribution in [2.24, 2.45) is 50.3 Å². The number of benzene rings is 1. The van der Waals surface area contributed by atoms with Crippen LogP contribution in [0.4, 0.5) is 0 Å². The van der Waals surface area contributed by atoms with Gasteiger partial charge < -0.3 is 92.1 Å². The highest BCUT2D eigenvalue weighted by Crippen LogP contribution is 2.20. The lowest BCUT2D eigenvalue weighted by atomic mass is 10.0. The number of aliphatic hydroxyl groups is 1. The number of fused-ring (bicyclic) bond motifs is 1. The number of carbonyl (C=O) groups is 10. The second-order valence-electron chi connectivity index (χ2n) is 18.8. The third kappa shape index (κ3) is 22.7. The largest absolute Gasteiger partial charge is 0.480 e. The molecule has 30 nitrogen and oxygen atoms in total. The number of nitrogens with one attached hydrogen (secondary N) is 10. The summed E-state index contributed by atoms with van der Waals surface area (Å²) in [6, 6.07) is -5.78. The number of para-hydroxylation sites is 1. The summed E-state index contributed by atoms with van der Waals surface area (Å²) in [5, 5.41) is 44.4. The fourth-order valence-electron chi connectivity index (χ4n) is 7.31. The first-order valence-electron chi connectivity index (χ1n) is 24.8. The number of aliphatic hydroxyl groups excluding tert-OH is 1. The highest BCUT2D eigenvalue weighted by molar-refractivity contribution is 5.97. The van der Waals surface area contributed by atoms with E-state index in [1.165, 1.54) is 34.6 Å². The average molecular weight is 1090 g/mol. The van der Waals surface area contributed by atoms with Crippen molar-refractivity contribution in [2.45, 2.75) is 154 Å². The van der Waals surface area contributed by atoms with Crippen LogP contribution < -0.4 is 82.3 Å². The maximum absolute atomic E-state index is 14.1. The molecular formula is C47H78N18O12. The highest BCUT2D eigenvalue weighted by Gasteiger charge is 2.35. The molecule has 0 aliphatic heterocycles. The van der Waals surface area contributed by atoms with Crippen LogP contribution in [-0.2, 0) is 54.4 Å². The second-order valence-corrected chi connectivity index (χ2v) is 18.8. The minimum absolute atomic E-state index is 0.0198. The number of aromatic nitrogens is 1. The molecule has 24 N–H and O–H groups in total. The summed E-state index contributed by atoms with van der Waals surface area (Å²) in [6.45, 7) is 9.92. The van der Waals surface area contributed by atoms with Crippen LogP contribution in [0.25, 0.3) is 10.9 Å². The van der Waals surface area contributed by atoms with Crippen LogP contribution in [0, 0.1) is 5.92 Å². The van der Waals surface area contributed by atoms with Gasteiger partial charge in [0, 0.05) is 36.6 Å². The number of rotatable bonds is 33. The lowest BCUT2D eigenvalue weighted by Crippen LogP contribution is -2.62. The number of nitrogens with two attached hydrogens (primary N) is 6. The molecule has 77 heavy (non-hydrogen) atoms. The maximum atomic E-state index is 14.1. The molecule has 30 heteroatoms. The summed E-state index contributed by atoms with van der Waals surface area (Å²) < 4.78 is 0. The Bertz CT molecular complexity index is 2440. The van der Waals surface area contributed by atoms with Gasteiger partial charge in [0.2, 0.25) is 53.2 Å². The van der Waals surface area contributed by atoms with Crippen molar-refractivity contribution in [1.29, 1.82) is 0 Å². The van der Waals surface area contributed by atoms with E-state index in [2.05, 4.69) is 62.8 Å². The molecule has 0 radical (unpaired) electrons. The van der Waals surface area contributed by atoms with Gasteiger partial charge >= 0.3 is 5.97 Å². The van der Waals surface area contributed by atoms with Crippen molar-refractivity contribution in [1.82, 2.24) is 52.8 Å². The minimum atomic E-state index is -1.83. The Balaban J connectivity index is 2.35. The molecule has 428 valence electrons. The number of hydrogen-bond acceptors (Lipinski definition) is 15. The number of carboxylic acids is 1. The van der Waals surface area contributed by atoms with Gasteiger partial charge in [-0.25, -0.2) is 0 Å². The molecule has 0 saturated carbocycles. The Labute approximate surface area is 445 Å². The second kappa shape index (κ2) is 31.7. The number of guanidine groups is 2. The highest BCUT2D eigenvalue weighted by atomic mass is 16.4. The molecule has 0 bridgehead atoms. The number of carboxylic acid groups (broad SMARTS) is 1. The molecule has 2 aromatic rings. The smallest absolute Gasteiger partial charge is 0.325 e. The summed E-state index contributed by atoms with van der Waals surface area (Å²) >= 11 is 0. The normalized spacial score (nSPS) is 15.4. The molecule has 2 rings (SSSR count). The van der Waals surface area contributed by atoms with Gasteiger partial charge in [0.25, 0.3) is 0 Å². The number of primary amides is 1. The molecule has 11 atom stereocenters. The van der Waals surface area contributed by atoms with Crippen LogP contribution in [0.2, 0.25) is 0 Å². The van der Waals surface area contributed by atoms with Gasteiger partial charge in [0.05, 0.1) is 24.5 Å². The lowest BCUT2D eigenvalue weighted by Gasteiger charge is -2.31. The van der Waals surface area contributed by atoms with Crippen LogP contribution in [0.15, 0.2) is 40.4 Å². The van der Waals surface area contributed by atoms with E-state index in [-0.39, 0.29) is 57.1 Å². The number of aliphatic imine (C=N–C) groups is 2. The van der Waals surface area contributed by atoms with Crippen molar-refractivity contribution in [3.05, 3.63) is 36.0 Å². The van der Waals surface area contributed by atoms with Gasteiger partial charge in [-0.15, -0.1) is 0 Å². The SMILES string of the molecule is CC(C)[C@H](NC(=O)[C@H](C)NC(=O)[C@H](C)NC(=O)[C@H](C)N)C(=O)N[C@@H](CCCN=C(N)N)C(O)N[C@@H](CC(N)=O)C(=O)N[C@@H](C)C(=O)N[C@@H](CCCN=C(N)N)C(=O)N[C@@H](Cc1c[nH]c2ccccc12)C(=O)N[C@@H](C)C(=O)O. The Hall–Kier alpha value is -8.12. The zero-order valence-electron chi connectivity index (χ0n) is 44.3. The van der Waals surface area contributed by atoms with Crippen LogP contribution in [0.3, 0.4) is 0 Å². The summed E-state index contributed by atoms with van der Waals surface area (Å²) in [6.07, 6.45) is -0.961. The van der Waals surface area contributed by atoms with Gasteiger partial charge in [-0.05, 0) is 77.8 Å². The third-order valence-electron chi connectivity index (χ3n) is 11.7. The van der Waals surface area contributed by atoms with Crippen LogP contribution >= 0.6 is 0 Å². The van der Waals surface area contributed by atoms with Gasteiger partial charge in [-0.3, -0.25) is 63.2 Å². The Kier molecular flexibility index (Phi) is 26.8. The number of aliphatic carboxylic acids is 1. The third-order valence-corrected chi connectivity index (χ3v) is 11.7. The number of hydrogen-bond donors (Lipinski definition) is 18. The molecule has 0 fully saturated rings. The van der Waals surface area contributed by atoms with E-state index in [0.717, 1.165) is 10.9 Å². The first kappa shape index (κ1) is 65.0. The molecule has 0 aliphatic carbocycles.